The van der Waals surface area contributed by atoms with E-state index in [0.717, 1.165) is 36.9 Å². The third-order valence-corrected chi connectivity index (χ3v) is 4.56. The molecule has 1 aromatic rings. The van der Waals surface area contributed by atoms with Crippen LogP contribution >= 0.6 is 11.6 Å². The fourth-order valence-corrected chi connectivity index (χ4v) is 3.09. The molecule has 0 bridgehead atoms. The largest absolute Gasteiger partial charge is 0.369 e. The summed E-state index contributed by atoms with van der Waals surface area (Å²) in [4.78, 5) is 29.3. The lowest BCUT2D eigenvalue weighted by Crippen LogP contribution is -2.52. The molecule has 2 aliphatic rings. The van der Waals surface area contributed by atoms with Crippen molar-refractivity contribution in [2.75, 3.05) is 38.1 Å². The number of piperazine rings is 1. The molecular weight excluding hydrogens is 290 g/mol. The molecule has 2 amide bonds. The zero-order chi connectivity index (χ0) is 15.0. The van der Waals surface area contributed by atoms with Crippen molar-refractivity contribution in [1.29, 1.82) is 0 Å². The predicted molar refractivity (Wildman–Crippen MR) is 81.4 cm³/mol. The normalized spacial score (nSPS) is 24.0. The number of halogens is 1. The summed E-state index contributed by atoms with van der Waals surface area (Å²) in [7, 11) is 1.56. The van der Waals surface area contributed by atoms with Crippen molar-refractivity contribution < 1.29 is 9.59 Å². The first-order valence-corrected chi connectivity index (χ1v) is 7.49. The highest BCUT2D eigenvalue weighted by molar-refractivity contribution is 6.30. The van der Waals surface area contributed by atoms with E-state index in [2.05, 4.69) is 9.80 Å². The number of carbonyl (C=O) groups is 2. The molecule has 21 heavy (non-hydrogen) atoms. The Hall–Kier alpha value is -1.59. The van der Waals surface area contributed by atoms with Crippen LogP contribution in [0.5, 0.6) is 0 Å². The Kier molecular flexibility index (Phi) is 3.87. The van der Waals surface area contributed by atoms with Gasteiger partial charge in [0.05, 0.1) is 12.5 Å². The Morgan fingerprint density at radius 2 is 1.67 bits per heavy atom. The van der Waals surface area contributed by atoms with E-state index in [4.69, 9.17) is 11.6 Å². The molecule has 0 aliphatic carbocycles. The number of likely N-dealkylation sites (tertiary alicyclic amines) is 1. The lowest BCUT2D eigenvalue weighted by Gasteiger charge is -2.38. The molecule has 0 saturated carbocycles. The number of benzene rings is 1. The summed E-state index contributed by atoms with van der Waals surface area (Å²) < 4.78 is 0. The molecular formula is C15H18ClN3O2. The van der Waals surface area contributed by atoms with Gasteiger partial charge in [-0.05, 0) is 24.3 Å². The Labute approximate surface area is 129 Å². The summed E-state index contributed by atoms with van der Waals surface area (Å²) in [6.07, 6.45) is 0.316. The van der Waals surface area contributed by atoms with E-state index in [1.807, 2.05) is 24.3 Å². The van der Waals surface area contributed by atoms with Crippen LogP contribution in [0, 0.1) is 0 Å². The second kappa shape index (κ2) is 5.66. The molecule has 2 heterocycles. The van der Waals surface area contributed by atoms with E-state index in [1.54, 1.807) is 7.05 Å². The van der Waals surface area contributed by atoms with Crippen LogP contribution in [-0.4, -0.2) is 60.9 Å². The standard InChI is InChI=1S/C15H18ClN3O2/c1-17-14(20)10-13(15(17)21)19-8-6-18(7-9-19)12-4-2-11(16)3-5-12/h2-5,13H,6-10H2,1H3/t13-/m1/s1. The van der Waals surface area contributed by atoms with Crippen LogP contribution in [0.1, 0.15) is 6.42 Å². The van der Waals surface area contributed by atoms with Crippen molar-refractivity contribution in [1.82, 2.24) is 9.80 Å². The molecule has 0 aromatic heterocycles. The van der Waals surface area contributed by atoms with Crippen molar-refractivity contribution in [3.8, 4) is 0 Å². The molecule has 0 unspecified atom stereocenters. The van der Waals surface area contributed by atoms with Crippen molar-refractivity contribution in [2.45, 2.75) is 12.5 Å². The van der Waals surface area contributed by atoms with Crippen molar-refractivity contribution >= 4 is 29.1 Å². The summed E-state index contributed by atoms with van der Waals surface area (Å²) in [6, 6.07) is 7.52. The molecule has 2 aliphatic heterocycles. The van der Waals surface area contributed by atoms with Gasteiger partial charge in [-0.1, -0.05) is 11.6 Å². The fourth-order valence-electron chi connectivity index (χ4n) is 2.97. The molecule has 2 fully saturated rings. The summed E-state index contributed by atoms with van der Waals surface area (Å²) >= 11 is 5.90. The van der Waals surface area contributed by atoms with Gasteiger partial charge in [0.25, 0.3) is 0 Å². The van der Waals surface area contributed by atoms with Gasteiger partial charge < -0.3 is 4.90 Å². The van der Waals surface area contributed by atoms with E-state index in [0.29, 0.717) is 6.42 Å². The third kappa shape index (κ3) is 2.76. The highest BCUT2D eigenvalue weighted by Gasteiger charge is 2.40. The zero-order valence-corrected chi connectivity index (χ0v) is 12.7. The van der Waals surface area contributed by atoms with E-state index in [-0.39, 0.29) is 17.9 Å². The third-order valence-electron chi connectivity index (χ3n) is 4.30. The number of hydrogen-bond donors (Lipinski definition) is 0. The molecule has 1 atom stereocenters. The fraction of sp³-hybridized carbons (Fsp3) is 0.467. The number of likely N-dealkylation sites (N-methyl/N-ethyl adjacent to an activating group) is 1. The first kappa shape index (κ1) is 14.4. The van der Waals surface area contributed by atoms with E-state index in [1.165, 1.54) is 4.90 Å². The monoisotopic (exact) mass is 307 g/mol. The van der Waals surface area contributed by atoms with Crippen LogP contribution < -0.4 is 4.90 Å². The summed E-state index contributed by atoms with van der Waals surface area (Å²) in [5, 5.41) is 0.732. The molecule has 3 rings (SSSR count). The highest BCUT2D eigenvalue weighted by Crippen LogP contribution is 2.22. The Bertz CT molecular complexity index is 553. The van der Waals surface area contributed by atoms with Crippen molar-refractivity contribution in [3.05, 3.63) is 29.3 Å². The zero-order valence-electron chi connectivity index (χ0n) is 12.0. The molecule has 2 saturated heterocycles. The lowest BCUT2D eigenvalue weighted by atomic mass is 10.1. The van der Waals surface area contributed by atoms with Crippen LogP contribution in [0.25, 0.3) is 0 Å². The van der Waals surface area contributed by atoms with Crippen LogP contribution in [0.2, 0.25) is 5.02 Å². The molecule has 112 valence electrons. The Morgan fingerprint density at radius 1 is 1.05 bits per heavy atom. The predicted octanol–water partition coefficient (Wildman–Crippen LogP) is 1.22. The number of amides is 2. The van der Waals surface area contributed by atoms with Gasteiger partial charge in [-0.15, -0.1) is 0 Å². The molecule has 1 aromatic carbocycles. The van der Waals surface area contributed by atoms with Crippen LogP contribution in [-0.2, 0) is 9.59 Å². The highest BCUT2D eigenvalue weighted by atomic mass is 35.5. The first-order chi connectivity index (χ1) is 10.1. The Morgan fingerprint density at radius 3 is 2.19 bits per heavy atom. The number of carbonyl (C=O) groups excluding carboxylic acids is 2. The first-order valence-electron chi connectivity index (χ1n) is 7.11. The summed E-state index contributed by atoms with van der Waals surface area (Å²) in [6.45, 7) is 3.28. The number of nitrogens with zero attached hydrogens (tertiary/aromatic N) is 3. The van der Waals surface area contributed by atoms with Gasteiger partial charge in [-0.2, -0.15) is 0 Å². The summed E-state index contributed by atoms with van der Waals surface area (Å²) in [5.74, 6) is -0.148. The average molecular weight is 308 g/mol. The van der Waals surface area contributed by atoms with E-state index in [9.17, 15) is 9.59 Å². The van der Waals surface area contributed by atoms with Crippen LogP contribution in [0.3, 0.4) is 0 Å². The average Bonchev–Trinajstić information content (AvgIpc) is 2.76. The van der Waals surface area contributed by atoms with Gasteiger partial charge in [0.15, 0.2) is 0 Å². The number of anilines is 1. The molecule has 5 nitrogen and oxygen atoms in total. The van der Waals surface area contributed by atoms with Gasteiger partial charge in [-0.25, -0.2) is 0 Å². The quantitative estimate of drug-likeness (QED) is 0.771. The van der Waals surface area contributed by atoms with E-state index >= 15 is 0 Å². The minimum Gasteiger partial charge on any atom is -0.369 e. The SMILES string of the molecule is CN1C(=O)C[C@@H](N2CCN(c3ccc(Cl)cc3)CC2)C1=O. The molecule has 0 N–H and O–H groups in total. The number of rotatable bonds is 2. The van der Waals surface area contributed by atoms with Gasteiger partial charge in [0.1, 0.15) is 0 Å². The van der Waals surface area contributed by atoms with Gasteiger partial charge in [0.2, 0.25) is 11.8 Å². The van der Waals surface area contributed by atoms with Gasteiger partial charge >= 0.3 is 0 Å². The lowest BCUT2D eigenvalue weighted by molar-refractivity contribution is -0.138. The summed E-state index contributed by atoms with van der Waals surface area (Å²) in [5.41, 5.74) is 1.14. The van der Waals surface area contributed by atoms with Crippen molar-refractivity contribution in [3.63, 3.8) is 0 Å². The molecule has 6 heteroatoms. The smallest absolute Gasteiger partial charge is 0.246 e. The molecule has 0 spiro atoms. The Balaban J connectivity index is 1.62. The second-order valence-electron chi connectivity index (χ2n) is 5.51. The minimum absolute atomic E-state index is 0.0695. The van der Waals surface area contributed by atoms with Crippen LogP contribution in [0.15, 0.2) is 24.3 Å². The van der Waals surface area contributed by atoms with E-state index < -0.39 is 0 Å². The van der Waals surface area contributed by atoms with Gasteiger partial charge in [-0.3, -0.25) is 19.4 Å². The number of hydrogen-bond acceptors (Lipinski definition) is 4. The van der Waals surface area contributed by atoms with Gasteiger partial charge in [0, 0.05) is 43.9 Å². The molecule has 0 radical (unpaired) electrons. The van der Waals surface area contributed by atoms with Crippen LogP contribution in [0.4, 0.5) is 5.69 Å². The maximum atomic E-state index is 12.0. The maximum Gasteiger partial charge on any atom is 0.246 e. The van der Waals surface area contributed by atoms with Crippen molar-refractivity contribution in [2.24, 2.45) is 0 Å². The maximum absolute atomic E-state index is 12.0. The number of imide groups is 1. The topological polar surface area (TPSA) is 43.9 Å². The second-order valence-corrected chi connectivity index (χ2v) is 5.95. The minimum atomic E-state index is -0.269.